The van der Waals surface area contributed by atoms with Crippen molar-refractivity contribution in [2.75, 3.05) is 0 Å². The van der Waals surface area contributed by atoms with Crippen LogP contribution in [0.15, 0.2) is 18.2 Å². The minimum absolute atomic E-state index is 0. The first-order valence-electron chi connectivity index (χ1n) is 3.24. The van der Waals surface area contributed by atoms with E-state index >= 15 is 0 Å². The van der Waals surface area contributed by atoms with E-state index in [4.69, 9.17) is 0 Å². The Labute approximate surface area is 68.3 Å². The average Bonchev–Trinajstić information content (AvgIpc) is 1.80. The van der Waals surface area contributed by atoms with Gasteiger partial charge in [-0.25, -0.2) is 0 Å². The summed E-state index contributed by atoms with van der Waals surface area (Å²) in [7, 11) is 2.14. The van der Waals surface area contributed by atoms with Crippen molar-refractivity contribution in [1.29, 1.82) is 0 Å². The maximum absolute atomic E-state index is 2.20. The Balaban J connectivity index is 0. The fourth-order valence-corrected chi connectivity index (χ4v) is 0.891. The Bertz CT molecular complexity index is 223. The van der Waals surface area contributed by atoms with Crippen molar-refractivity contribution in [2.45, 2.75) is 13.8 Å². The maximum Gasteiger partial charge on any atom is 0.139 e. The van der Waals surface area contributed by atoms with Crippen LogP contribution in [0.25, 0.3) is 0 Å². The van der Waals surface area contributed by atoms with Crippen molar-refractivity contribution in [2.24, 2.45) is 0 Å². The second-order valence-corrected chi connectivity index (χ2v) is 2.59. The van der Waals surface area contributed by atoms with Gasteiger partial charge < -0.3 is 11.0 Å². The van der Waals surface area contributed by atoms with Gasteiger partial charge in [0.05, 0.1) is 0 Å². The SMILES string of the molecule is Bc1cc(C)ccc1C.O.O. The lowest BCUT2D eigenvalue weighted by atomic mass is 9.90. The highest BCUT2D eigenvalue weighted by Crippen LogP contribution is 1.96. The van der Waals surface area contributed by atoms with Gasteiger partial charge >= 0.3 is 0 Å². The standard InChI is InChI=1S/C8H11B.2H2O/c1-6-3-4-7(2)8(9)5-6;;/h3-5H,9H2,1-2H3;2*1H2. The lowest BCUT2D eigenvalue weighted by molar-refractivity contribution is 0.823. The molecule has 1 rings (SSSR count). The summed E-state index contributed by atoms with van der Waals surface area (Å²) in [6, 6.07) is 6.50. The van der Waals surface area contributed by atoms with Gasteiger partial charge in [0, 0.05) is 0 Å². The number of benzene rings is 1. The van der Waals surface area contributed by atoms with Crippen LogP contribution in [0, 0.1) is 13.8 Å². The topological polar surface area (TPSA) is 63.0 Å². The van der Waals surface area contributed by atoms with Gasteiger partial charge in [-0.3, -0.25) is 0 Å². The van der Waals surface area contributed by atoms with Gasteiger partial charge in [0.15, 0.2) is 0 Å². The van der Waals surface area contributed by atoms with Crippen molar-refractivity contribution in [3.05, 3.63) is 29.3 Å². The van der Waals surface area contributed by atoms with Crippen molar-refractivity contribution in [1.82, 2.24) is 0 Å². The highest BCUT2D eigenvalue weighted by molar-refractivity contribution is 6.33. The third kappa shape index (κ3) is 3.21. The molecule has 0 saturated carbocycles. The van der Waals surface area contributed by atoms with E-state index in [0.717, 1.165) is 0 Å². The molecule has 1 aromatic carbocycles. The first kappa shape index (κ1) is 12.8. The summed E-state index contributed by atoms with van der Waals surface area (Å²) in [4.78, 5) is 0. The second-order valence-electron chi connectivity index (χ2n) is 2.59. The molecule has 4 N–H and O–H groups in total. The summed E-state index contributed by atoms with van der Waals surface area (Å²) in [5.41, 5.74) is 4.11. The van der Waals surface area contributed by atoms with Crippen molar-refractivity contribution in [3.63, 3.8) is 0 Å². The highest BCUT2D eigenvalue weighted by atomic mass is 16.0. The van der Waals surface area contributed by atoms with Crippen LogP contribution in [0.1, 0.15) is 11.1 Å². The zero-order valence-electron chi connectivity index (χ0n) is 7.23. The molecule has 0 heterocycles. The molecule has 0 atom stereocenters. The van der Waals surface area contributed by atoms with E-state index in [1.807, 2.05) is 0 Å². The normalized spacial score (nSPS) is 7.82. The van der Waals surface area contributed by atoms with E-state index in [0.29, 0.717) is 0 Å². The summed E-state index contributed by atoms with van der Waals surface area (Å²) in [6.45, 7) is 4.25. The maximum atomic E-state index is 2.20. The Hall–Kier alpha value is -0.795. The third-order valence-corrected chi connectivity index (χ3v) is 1.66. The number of rotatable bonds is 0. The molecule has 0 aliphatic heterocycles. The van der Waals surface area contributed by atoms with Crippen molar-refractivity contribution < 1.29 is 11.0 Å². The molecule has 0 fully saturated rings. The molecule has 0 aliphatic rings. The molecule has 0 aliphatic carbocycles. The van der Waals surface area contributed by atoms with Crippen molar-refractivity contribution in [3.8, 4) is 0 Å². The minimum atomic E-state index is 0. The van der Waals surface area contributed by atoms with Crippen LogP contribution in [0.4, 0.5) is 0 Å². The third-order valence-electron chi connectivity index (χ3n) is 1.66. The van der Waals surface area contributed by atoms with Crippen LogP contribution in [0.2, 0.25) is 0 Å². The van der Waals surface area contributed by atoms with Gasteiger partial charge in [-0.05, 0) is 13.8 Å². The fourth-order valence-electron chi connectivity index (χ4n) is 0.891. The van der Waals surface area contributed by atoms with Gasteiger partial charge in [0.25, 0.3) is 0 Å². The Morgan fingerprint density at radius 2 is 1.64 bits per heavy atom. The largest absolute Gasteiger partial charge is 0.412 e. The molecule has 0 amide bonds. The van der Waals surface area contributed by atoms with Gasteiger partial charge in [-0.15, -0.1) is 0 Å². The summed E-state index contributed by atoms with van der Waals surface area (Å²) in [5, 5.41) is 0. The lowest BCUT2D eigenvalue weighted by Gasteiger charge is -1.98. The Kier molecular flexibility index (Phi) is 5.76. The molecule has 0 spiro atoms. The molecule has 2 nitrogen and oxygen atoms in total. The summed E-state index contributed by atoms with van der Waals surface area (Å²) >= 11 is 0. The summed E-state index contributed by atoms with van der Waals surface area (Å²) in [5.74, 6) is 0. The van der Waals surface area contributed by atoms with E-state index in [9.17, 15) is 0 Å². The van der Waals surface area contributed by atoms with Crippen LogP contribution >= 0.6 is 0 Å². The van der Waals surface area contributed by atoms with Crippen LogP contribution in [-0.2, 0) is 0 Å². The summed E-state index contributed by atoms with van der Waals surface area (Å²) in [6.07, 6.45) is 0. The number of hydrogen-bond acceptors (Lipinski definition) is 0. The molecule has 0 bridgehead atoms. The van der Waals surface area contributed by atoms with Crippen molar-refractivity contribution >= 4 is 13.3 Å². The van der Waals surface area contributed by atoms with Gasteiger partial charge in [0.2, 0.25) is 0 Å². The molecular formula is C8H15BO2. The van der Waals surface area contributed by atoms with E-state index in [1.54, 1.807) is 0 Å². The average molecular weight is 154 g/mol. The molecule has 62 valence electrons. The van der Waals surface area contributed by atoms with Gasteiger partial charge in [0.1, 0.15) is 7.85 Å². The van der Waals surface area contributed by atoms with Gasteiger partial charge in [-0.1, -0.05) is 34.8 Å². The lowest BCUT2D eigenvalue weighted by Crippen LogP contribution is -2.06. The predicted octanol–water partition coefficient (Wildman–Crippen LogP) is -1.09. The molecular weight excluding hydrogens is 139 g/mol. The molecule has 1 aromatic rings. The van der Waals surface area contributed by atoms with Crippen LogP contribution in [0.5, 0.6) is 0 Å². The minimum Gasteiger partial charge on any atom is -0.412 e. The molecule has 0 saturated heterocycles. The van der Waals surface area contributed by atoms with E-state index in [1.165, 1.54) is 16.6 Å². The zero-order chi connectivity index (χ0) is 6.85. The van der Waals surface area contributed by atoms with Gasteiger partial charge in [-0.2, -0.15) is 0 Å². The van der Waals surface area contributed by atoms with E-state index in [-0.39, 0.29) is 11.0 Å². The van der Waals surface area contributed by atoms with E-state index < -0.39 is 0 Å². The Morgan fingerprint density at radius 3 is 2.00 bits per heavy atom. The van der Waals surface area contributed by atoms with Crippen LogP contribution in [-0.4, -0.2) is 18.8 Å². The molecule has 11 heavy (non-hydrogen) atoms. The number of hydrogen-bond donors (Lipinski definition) is 0. The summed E-state index contributed by atoms with van der Waals surface area (Å²) < 4.78 is 0. The fraction of sp³-hybridized carbons (Fsp3) is 0.250. The van der Waals surface area contributed by atoms with Crippen LogP contribution < -0.4 is 5.46 Å². The molecule has 3 heteroatoms. The Morgan fingerprint density at radius 1 is 1.09 bits per heavy atom. The van der Waals surface area contributed by atoms with Crippen LogP contribution in [0.3, 0.4) is 0 Å². The molecule has 0 aromatic heterocycles. The quantitative estimate of drug-likeness (QED) is 0.426. The zero-order valence-corrected chi connectivity index (χ0v) is 7.23. The second kappa shape index (κ2) is 4.94. The first-order chi connectivity index (χ1) is 4.20. The molecule has 0 radical (unpaired) electrons. The predicted molar refractivity (Wildman–Crippen MR) is 51.3 cm³/mol. The number of aryl methyl sites for hydroxylation is 2. The first-order valence-corrected chi connectivity index (χ1v) is 3.24. The smallest absolute Gasteiger partial charge is 0.139 e. The van der Waals surface area contributed by atoms with E-state index in [2.05, 4.69) is 39.9 Å². The molecule has 0 unspecified atom stereocenters. The monoisotopic (exact) mass is 154 g/mol. The highest BCUT2D eigenvalue weighted by Gasteiger charge is 1.89.